The van der Waals surface area contributed by atoms with Crippen molar-refractivity contribution in [1.82, 2.24) is 54.3 Å². The van der Waals surface area contributed by atoms with E-state index in [0.717, 1.165) is 75.3 Å². The second-order valence-electron chi connectivity index (χ2n) is 30.2. The lowest BCUT2D eigenvalue weighted by molar-refractivity contribution is 0.0972. The Bertz CT molecular complexity index is 4420. The first kappa shape index (κ1) is 66.0. The highest BCUT2D eigenvalue weighted by atomic mass is 35.5. The fourth-order valence-electron chi connectivity index (χ4n) is 17.5. The van der Waals surface area contributed by atoms with Crippen molar-refractivity contribution in [1.29, 1.82) is 0 Å². The third kappa shape index (κ3) is 13.0. The lowest BCUT2D eigenvalue weighted by atomic mass is 9.93. The number of anilines is 3. The highest BCUT2D eigenvalue weighted by Crippen LogP contribution is 2.94. The minimum Gasteiger partial charge on any atom is -0.486 e. The van der Waals surface area contributed by atoms with Crippen molar-refractivity contribution in [3.8, 4) is 29.1 Å². The fourth-order valence-corrected chi connectivity index (χ4v) is 20.0. The maximum atomic E-state index is 14.1. The second-order valence-corrected chi connectivity index (χ2v) is 33.7. The molecule has 2 amide bonds. The Morgan fingerprint density at radius 2 is 1.38 bits per heavy atom. The first-order valence-corrected chi connectivity index (χ1v) is 38.2. The molecule has 8 fully saturated rings. The lowest BCUT2D eigenvalue weighted by Gasteiger charge is -2.34. The molecule has 2 atom stereocenters. The Kier molecular flexibility index (Phi) is 16.9. The molecule has 9 heterocycles. The Balaban J connectivity index is 0.000000161. The number of pyridine rings is 4. The summed E-state index contributed by atoms with van der Waals surface area (Å²) in [5.41, 5.74) is 3.81. The number of sulfonamides is 2. The predicted octanol–water partition coefficient (Wildman–Crippen LogP) is 11.4. The normalized spacial score (nSPS) is 22.5. The molecular weight excluding hydrogens is 1300 g/mol. The quantitative estimate of drug-likeness (QED) is 0.0330. The average Bonchev–Trinajstić information content (AvgIpc) is 1.45. The van der Waals surface area contributed by atoms with Gasteiger partial charge in [-0.25, -0.2) is 38.7 Å². The van der Waals surface area contributed by atoms with E-state index in [9.17, 15) is 26.4 Å². The summed E-state index contributed by atoms with van der Waals surface area (Å²) >= 11 is 6.37. The number of fused-ring (bicyclic) bond motifs is 8. The number of amides is 2. The highest BCUT2D eigenvalue weighted by molar-refractivity contribution is 7.90. The third-order valence-electron chi connectivity index (χ3n) is 22.9. The van der Waals surface area contributed by atoms with Crippen LogP contribution in [0.3, 0.4) is 0 Å². The molecule has 26 heteroatoms. The number of carbonyl (C=O) groups is 2. The summed E-state index contributed by atoms with van der Waals surface area (Å²) < 4.78 is 80.0. The van der Waals surface area contributed by atoms with Crippen LogP contribution >= 0.6 is 11.6 Å². The van der Waals surface area contributed by atoms with Crippen LogP contribution in [0.5, 0.6) is 17.5 Å². The smallest absolute Gasteiger partial charge is 0.285 e. The molecule has 0 unspecified atom stereocenters. The number of nitrogens with one attached hydrogen (secondary N) is 5. The van der Waals surface area contributed by atoms with Crippen molar-refractivity contribution < 1.29 is 40.6 Å². The minimum absolute atomic E-state index is 0.0459. The summed E-state index contributed by atoms with van der Waals surface area (Å²) in [4.78, 5) is 47.3. The Labute approximate surface area is 577 Å². The Morgan fingerprint density at radius 3 is 2.00 bits per heavy atom. The van der Waals surface area contributed by atoms with E-state index in [0.29, 0.717) is 113 Å². The summed E-state index contributed by atoms with van der Waals surface area (Å²) in [6.45, 7) is 14.7. The molecule has 16 rings (SSSR count). The van der Waals surface area contributed by atoms with Gasteiger partial charge in [-0.3, -0.25) is 9.59 Å². The number of carbonyl (C=O) groups excluding carboxylic acids is 2. The van der Waals surface area contributed by atoms with E-state index in [2.05, 4.69) is 83.1 Å². The van der Waals surface area contributed by atoms with E-state index in [1.807, 2.05) is 42.6 Å². The first-order valence-electron chi connectivity index (χ1n) is 34.8. The van der Waals surface area contributed by atoms with Crippen molar-refractivity contribution in [3.05, 3.63) is 131 Å². The van der Waals surface area contributed by atoms with Gasteiger partial charge in [-0.1, -0.05) is 48.0 Å². The topological polar surface area (TPSA) is 281 Å². The molecule has 0 radical (unpaired) electrons. The van der Waals surface area contributed by atoms with Crippen LogP contribution in [0.4, 0.5) is 17.5 Å². The van der Waals surface area contributed by atoms with E-state index in [-0.39, 0.29) is 49.8 Å². The molecule has 3 aliphatic heterocycles. The monoisotopic (exact) mass is 1390 g/mol. The molecule has 4 spiro atoms. The van der Waals surface area contributed by atoms with Crippen LogP contribution in [-0.2, 0) is 26.7 Å². The lowest BCUT2D eigenvalue weighted by Crippen LogP contribution is -2.41. The fraction of sp³-hybridized carbons (Fsp3) is 0.528. The molecule has 1 aromatic carbocycles. The van der Waals surface area contributed by atoms with Gasteiger partial charge >= 0.3 is 0 Å². The van der Waals surface area contributed by atoms with E-state index >= 15 is 0 Å². The predicted molar refractivity (Wildman–Crippen MR) is 370 cm³/mol. The van der Waals surface area contributed by atoms with Crippen LogP contribution in [-0.4, -0.2) is 119 Å². The molecule has 2 saturated heterocycles. The van der Waals surface area contributed by atoms with Crippen molar-refractivity contribution in [2.75, 3.05) is 54.9 Å². The van der Waals surface area contributed by atoms with Gasteiger partial charge in [-0.05, 0) is 243 Å². The first-order chi connectivity index (χ1) is 47.0. The molecule has 6 aliphatic carbocycles. The number of nitrogens with zero attached hydrogens (tertiary/aromatic N) is 9. The van der Waals surface area contributed by atoms with Gasteiger partial charge in [0.05, 0.1) is 24.3 Å². The average molecular weight is 1390 g/mol. The van der Waals surface area contributed by atoms with Gasteiger partial charge in [0.1, 0.15) is 29.2 Å². The van der Waals surface area contributed by atoms with E-state index in [4.69, 9.17) is 30.8 Å². The van der Waals surface area contributed by atoms with E-state index in [1.54, 1.807) is 66.3 Å². The van der Waals surface area contributed by atoms with Crippen molar-refractivity contribution in [2.24, 2.45) is 45.3 Å². The van der Waals surface area contributed by atoms with Crippen LogP contribution in [0, 0.1) is 52.3 Å². The maximum absolute atomic E-state index is 14.1. The maximum Gasteiger partial charge on any atom is 0.285 e. The number of ether oxygens (including phenoxy) is 3. The van der Waals surface area contributed by atoms with Gasteiger partial charge in [-0.2, -0.15) is 16.8 Å². The zero-order valence-electron chi connectivity index (χ0n) is 56.3. The minimum atomic E-state index is -4.48. The van der Waals surface area contributed by atoms with Gasteiger partial charge in [0.2, 0.25) is 16.8 Å². The van der Waals surface area contributed by atoms with Crippen LogP contribution < -0.4 is 44.5 Å². The molecule has 98 heavy (non-hydrogen) atoms. The third-order valence-corrected chi connectivity index (χ3v) is 25.8. The zero-order valence-corrected chi connectivity index (χ0v) is 58.7. The number of halogens is 1. The van der Waals surface area contributed by atoms with Crippen molar-refractivity contribution >= 4 is 60.9 Å². The largest absolute Gasteiger partial charge is 0.486 e. The van der Waals surface area contributed by atoms with Gasteiger partial charge in [0.15, 0.2) is 22.4 Å². The molecule has 6 saturated carbocycles. The molecule has 23 nitrogen and oxygen atoms in total. The summed E-state index contributed by atoms with van der Waals surface area (Å²) in [7, 11) is -8.77. The number of hydrogen-bond donors (Lipinski definition) is 5. The van der Waals surface area contributed by atoms with Crippen molar-refractivity contribution in [2.45, 2.75) is 165 Å². The summed E-state index contributed by atoms with van der Waals surface area (Å²) in [6, 6.07) is 26.0. The van der Waals surface area contributed by atoms with Gasteiger partial charge < -0.3 is 35.1 Å². The molecule has 9 aliphatic rings. The number of aromatic nitrogens is 8. The standard InChI is InChI=1S/C39H45N7O5S.C33H42ClN7O4S/c1-37(2)23-27-9-6-20-40-31-12-11-29(51-25-26-7-4-3-5-8-26)36(41-31)52(48,49)44-35(47)28-10-13-32(42-34(28)45(37)24-27)46-21-14-33(43-46)50-22-15-30-38(16-17-38)39(30)18-19-39;1-21-6-8-25(35-16-4-5-22-19-31(2,3)36-20-22)37-30(21)46(43,44)40-29(42)23-7-9-26(38-28(23)34)41-17-10-27(39-41)45-18-11-24-32(12-13-32)33(24)14-15-33/h3-5,7-8,10-14,21,27,30H,6,9,15-20,22-25H2,1-2H3,(H,40,41)(H,44,47);6-10,17,22,24,36H,4-5,11-16,18-20H2,1-3H3,(H,35,37)(H,40,42)/t27-;22-/m00/s1. The van der Waals surface area contributed by atoms with Crippen LogP contribution in [0.1, 0.15) is 162 Å². The van der Waals surface area contributed by atoms with Crippen molar-refractivity contribution in [3.63, 3.8) is 0 Å². The summed E-state index contributed by atoms with van der Waals surface area (Å²) in [6.07, 6.45) is 22.6. The van der Waals surface area contributed by atoms with Gasteiger partial charge in [0.25, 0.3) is 31.9 Å². The van der Waals surface area contributed by atoms with Gasteiger partial charge in [0, 0.05) is 55.2 Å². The molecule has 6 aromatic heterocycles. The number of benzene rings is 1. The summed E-state index contributed by atoms with van der Waals surface area (Å²) in [5, 5.41) is 18.4. The molecule has 518 valence electrons. The summed E-state index contributed by atoms with van der Waals surface area (Å²) in [5.74, 6) is 4.09. The number of hydrogen-bond acceptors (Lipinski definition) is 19. The van der Waals surface area contributed by atoms with Crippen LogP contribution in [0.2, 0.25) is 5.15 Å². The van der Waals surface area contributed by atoms with Gasteiger partial charge in [-0.15, -0.1) is 10.2 Å². The van der Waals surface area contributed by atoms with E-state index < -0.39 is 31.9 Å². The molecule has 5 N–H and O–H groups in total. The zero-order chi connectivity index (χ0) is 68.0. The Morgan fingerprint density at radius 1 is 0.735 bits per heavy atom. The van der Waals surface area contributed by atoms with Crippen LogP contribution in [0.15, 0.2) is 113 Å². The highest BCUT2D eigenvalue weighted by Gasteiger charge is 2.86. The number of aryl methyl sites for hydroxylation is 1. The Hall–Kier alpha value is -7.87. The molecular formula is C72H87ClN14O9S2. The second kappa shape index (κ2) is 25.1. The van der Waals surface area contributed by atoms with E-state index in [1.165, 1.54) is 62.1 Å². The number of rotatable bonds is 21. The molecule has 4 bridgehead atoms. The SMILES string of the molecule is CC1(C)C[C@@H]2CCCNc3ccc(OCc4ccccc4)c(n3)S(=O)(=O)NC(=O)c3ccc(-n4ccc(OCCC5C6(CC6)C56CC6)n4)nc3N1C2.Cc1ccc(NCCC[C@@H]2CNC(C)(C)C2)nc1S(=O)(=O)NC(=O)c1ccc(-n2ccc(OCCC3C4(CC4)C34CC4)n2)nc1Cl. The molecule has 7 aromatic rings. The van der Waals surface area contributed by atoms with Crippen LogP contribution in [0.25, 0.3) is 11.6 Å².